The highest BCUT2D eigenvalue weighted by Crippen LogP contribution is 2.29. The molecule has 0 aliphatic carbocycles. The molecule has 190 valence electrons. The Hall–Kier alpha value is -2.75. The van der Waals surface area contributed by atoms with E-state index in [1.807, 2.05) is 13.8 Å². The number of hydrogen-bond acceptors (Lipinski definition) is 7. The van der Waals surface area contributed by atoms with Crippen molar-refractivity contribution in [2.45, 2.75) is 64.0 Å². The van der Waals surface area contributed by atoms with Crippen LogP contribution in [0.25, 0.3) is 0 Å². The molecule has 34 heavy (non-hydrogen) atoms. The predicted octanol–water partition coefficient (Wildman–Crippen LogP) is 2.81. The predicted molar refractivity (Wildman–Crippen MR) is 129 cm³/mol. The first kappa shape index (κ1) is 29.3. The number of carbonyl (C=O) groups is 4. The van der Waals surface area contributed by atoms with Gasteiger partial charge in [-0.25, -0.2) is 0 Å². The Morgan fingerprint density at radius 2 is 1.62 bits per heavy atom. The van der Waals surface area contributed by atoms with Crippen LogP contribution in [-0.4, -0.2) is 58.4 Å². The first-order valence-corrected chi connectivity index (χ1v) is 12.1. The van der Waals surface area contributed by atoms with Gasteiger partial charge in [0.05, 0.1) is 18.3 Å². The zero-order valence-corrected chi connectivity index (χ0v) is 21.4. The normalized spacial score (nSPS) is 14.1. The summed E-state index contributed by atoms with van der Waals surface area (Å²) >= 11 is 1.26. The number of likely N-dealkylation sites (N-methyl/N-ethyl adjacent to an activating group) is 1. The number of phenolic OH excluding ortho intramolecular Hbond substituents is 1. The number of nitrogens with one attached hydrogen (secondary N) is 2. The molecule has 0 bridgehead atoms. The average Bonchev–Trinajstić information content (AvgIpc) is 2.71. The molecule has 0 aliphatic heterocycles. The van der Waals surface area contributed by atoms with E-state index >= 15 is 0 Å². The molecule has 0 aliphatic rings. The minimum absolute atomic E-state index is 0.0144. The van der Waals surface area contributed by atoms with E-state index in [1.54, 1.807) is 32.9 Å². The molecule has 2 amide bonds. The van der Waals surface area contributed by atoms with E-state index in [9.17, 15) is 29.4 Å². The molecule has 1 aromatic carbocycles. The zero-order chi connectivity index (χ0) is 26.1. The van der Waals surface area contributed by atoms with Crippen molar-refractivity contribution in [3.05, 3.63) is 24.3 Å². The van der Waals surface area contributed by atoms with E-state index in [0.29, 0.717) is 0 Å². The van der Waals surface area contributed by atoms with Crippen molar-refractivity contribution in [1.82, 2.24) is 10.6 Å². The van der Waals surface area contributed by atoms with Crippen molar-refractivity contribution < 1.29 is 34.1 Å². The number of hydrogen-bond donors (Lipinski definition) is 4. The highest BCUT2D eigenvalue weighted by Gasteiger charge is 2.36. The number of aromatic hydroxyl groups is 1. The fourth-order valence-corrected chi connectivity index (χ4v) is 4.34. The molecule has 3 atom stereocenters. The molecule has 10 heteroatoms. The number of phenols is 1. The maximum absolute atomic E-state index is 13.2. The van der Waals surface area contributed by atoms with Gasteiger partial charge in [-0.1, -0.05) is 13.8 Å². The fraction of sp³-hybridized carbons (Fsp3) is 0.583. The van der Waals surface area contributed by atoms with Crippen molar-refractivity contribution in [3.8, 4) is 5.75 Å². The summed E-state index contributed by atoms with van der Waals surface area (Å²) in [7, 11) is 1.39. The summed E-state index contributed by atoms with van der Waals surface area (Å²) in [6.45, 7) is 8.84. The first-order valence-electron chi connectivity index (χ1n) is 11.1. The van der Waals surface area contributed by atoms with Gasteiger partial charge < -0.3 is 25.6 Å². The lowest BCUT2D eigenvalue weighted by molar-refractivity contribution is -0.157. The van der Waals surface area contributed by atoms with Crippen molar-refractivity contribution in [1.29, 1.82) is 0 Å². The van der Waals surface area contributed by atoms with Crippen LogP contribution in [0.4, 0.5) is 0 Å². The van der Waals surface area contributed by atoms with Crippen molar-refractivity contribution in [2.75, 3.05) is 12.8 Å². The molecule has 0 aromatic heterocycles. The van der Waals surface area contributed by atoms with Crippen LogP contribution < -0.4 is 10.6 Å². The first-order chi connectivity index (χ1) is 15.7. The van der Waals surface area contributed by atoms with Crippen LogP contribution in [0.15, 0.2) is 29.2 Å². The van der Waals surface area contributed by atoms with E-state index in [1.165, 1.54) is 30.9 Å². The molecule has 4 N–H and O–H groups in total. The van der Waals surface area contributed by atoms with Crippen molar-refractivity contribution >= 4 is 35.5 Å². The van der Waals surface area contributed by atoms with Crippen LogP contribution in [0.2, 0.25) is 0 Å². The Balaban J connectivity index is 3.06. The SMILES string of the molecule is CNC(=O)[C@H](CC(=O)OC(C)(C)C)NC(=O)[C@H](CC(C)C)[C@H](CSc1ccc(O)cc1)C(=O)O. The number of amides is 2. The number of rotatable bonds is 12. The van der Waals surface area contributed by atoms with Crippen molar-refractivity contribution in [2.24, 2.45) is 17.8 Å². The Morgan fingerprint density at radius 1 is 1.03 bits per heavy atom. The lowest BCUT2D eigenvalue weighted by Gasteiger charge is -2.27. The second kappa shape index (κ2) is 13.2. The minimum Gasteiger partial charge on any atom is -0.508 e. The number of carboxylic acid groups (broad SMARTS) is 1. The maximum Gasteiger partial charge on any atom is 0.308 e. The lowest BCUT2D eigenvalue weighted by atomic mass is 9.85. The average molecular weight is 497 g/mol. The number of aliphatic carboxylic acids is 1. The number of benzene rings is 1. The molecule has 0 heterocycles. The number of esters is 1. The van der Waals surface area contributed by atoms with Crippen molar-refractivity contribution in [3.63, 3.8) is 0 Å². The summed E-state index contributed by atoms with van der Waals surface area (Å²) in [6.07, 6.45) is -0.0943. The molecule has 0 saturated carbocycles. The standard InChI is InChI=1S/C24H36N2O7S/c1-14(2)11-17(18(23(31)32)13-34-16-9-7-15(27)8-10-16)21(29)26-19(22(30)25-6)12-20(28)33-24(3,4)5/h7-10,14,17-19,27H,11-13H2,1-6H3,(H,25,30)(H,26,29)(H,31,32)/t17-,18+,19+/m1/s1. The summed E-state index contributed by atoms with van der Waals surface area (Å²) in [6, 6.07) is 5.14. The molecule has 0 unspecified atom stereocenters. The summed E-state index contributed by atoms with van der Waals surface area (Å²) < 4.78 is 5.27. The summed E-state index contributed by atoms with van der Waals surface area (Å²) in [5.74, 6) is -4.70. The van der Waals surface area contributed by atoms with Gasteiger partial charge in [-0.3, -0.25) is 19.2 Å². The van der Waals surface area contributed by atoms with Gasteiger partial charge in [-0.2, -0.15) is 0 Å². The van der Waals surface area contributed by atoms with E-state index in [4.69, 9.17) is 4.74 Å². The topological polar surface area (TPSA) is 142 Å². The van der Waals surface area contributed by atoms with Crippen LogP contribution in [0.5, 0.6) is 5.75 Å². The third-order valence-electron chi connectivity index (χ3n) is 4.80. The monoisotopic (exact) mass is 496 g/mol. The van der Waals surface area contributed by atoms with Gasteiger partial charge in [-0.15, -0.1) is 11.8 Å². The van der Waals surface area contributed by atoms with Crippen LogP contribution in [0, 0.1) is 17.8 Å². The molecule has 0 radical (unpaired) electrons. The van der Waals surface area contributed by atoms with Crippen LogP contribution in [0.3, 0.4) is 0 Å². The lowest BCUT2D eigenvalue weighted by Crippen LogP contribution is -2.51. The maximum atomic E-state index is 13.2. The Labute approximate surface area is 205 Å². The minimum atomic E-state index is -1.19. The van der Waals surface area contributed by atoms with Gasteiger partial charge in [0, 0.05) is 17.7 Å². The zero-order valence-electron chi connectivity index (χ0n) is 20.6. The van der Waals surface area contributed by atoms with Crippen LogP contribution in [0.1, 0.15) is 47.5 Å². The Bertz CT molecular complexity index is 850. The third kappa shape index (κ3) is 10.5. The number of carbonyl (C=O) groups excluding carboxylic acids is 3. The largest absolute Gasteiger partial charge is 0.508 e. The molecule has 9 nitrogen and oxygen atoms in total. The summed E-state index contributed by atoms with van der Waals surface area (Å²) in [4.78, 5) is 50.7. The van der Waals surface area contributed by atoms with Gasteiger partial charge in [0.1, 0.15) is 17.4 Å². The fourth-order valence-electron chi connectivity index (χ4n) is 3.26. The highest BCUT2D eigenvalue weighted by atomic mass is 32.2. The van der Waals surface area contributed by atoms with E-state index in [-0.39, 0.29) is 30.3 Å². The van der Waals surface area contributed by atoms with E-state index in [2.05, 4.69) is 10.6 Å². The van der Waals surface area contributed by atoms with Gasteiger partial charge in [0.15, 0.2) is 0 Å². The van der Waals surface area contributed by atoms with Gasteiger partial charge >= 0.3 is 11.9 Å². The molecular formula is C24H36N2O7S. The molecule has 0 spiro atoms. The van der Waals surface area contributed by atoms with Gasteiger partial charge in [-0.05, 0) is 57.4 Å². The quantitative estimate of drug-likeness (QED) is 0.256. The molecule has 0 saturated heterocycles. The third-order valence-corrected chi connectivity index (χ3v) is 5.93. The smallest absolute Gasteiger partial charge is 0.308 e. The summed E-state index contributed by atoms with van der Waals surface area (Å²) in [5.41, 5.74) is -0.756. The van der Waals surface area contributed by atoms with E-state index in [0.717, 1.165) is 4.90 Å². The molecular weight excluding hydrogens is 460 g/mol. The molecule has 0 fully saturated rings. The van der Waals surface area contributed by atoms with Crippen LogP contribution >= 0.6 is 11.8 Å². The second-order valence-corrected chi connectivity index (χ2v) is 10.5. The number of carboxylic acids is 1. The van der Waals surface area contributed by atoms with Gasteiger partial charge in [0.25, 0.3) is 0 Å². The molecule has 1 aromatic rings. The number of thioether (sulfide) groups is 1. The van der Waals surface area contributed by atoms with E-state index < -0.39 is 47.2 Å². The van der Waals surface area contributed by atoms with Crippen LogP contribution in [-0.2, 0) is 23.9 Å². The highest BCUT2D eigenvalue weighted by molar-refractivity contribution is 7.99. The number of ether oxygens (including phenoxy) is 1. The summed E-state index contributed by atoms with van der Waals surface area (Å²) in [5, 5.41) is 24.3. The second-order valence-electron chi connectivity index (χ2n) is 9.45. The Morgan fingerprint density at radius 3 is 2.09 bits per heavy atom. The molecule has 1 rings (SSSR count). The van der Waals surface area contributed by atoms with Gasteiger partial charge in [0.2, 0.25) is 11.8 Å². The Kier molecular flexibility index (Phi) is 11.4.